The quantitative estimate of drug-likeness (QED) is 0.729. The van der Waals surface area contributed by atoms with E-state index in [9.17, 15) is 9.59 Å². The van der Waals surface area contributed by atoms with E-state index in [2.05, 4.69) is 10.3 Å². The molecule has 3 aromatic rings. The number of aromatic nitrogens is 1. The fourth-order valence-electron chi connectivity index (χ4n) is 2.85. The Balaban J connectivity index is 1.61. The summed E-state index contributed by atoms with van der Waals surface area (Å²) in [6.07, 6.45) is 1.84. The first-order valence-electron chi connectivity index (χ1n) is 7.80. The van der Waals surface area contributed by atoms with Gasteiger partial charge in [0.1, 0.15) is 6.10 Å². The zero-order valence-electron chi connectivity index (χ0n) is 13.1. The highest BCUT2D eigenvalue weighted by molar-refractivity contribution is 7.13. The van der Waals surface area contributed by atoms with Gasteiger partial charge in [0.05, 0.1) is 5.56 Å². The van der Waals surface area contributed by atoms with Crippen LogP contribution in [0.5, 0.6) is 0 Å². The maximum atomic E-state index is 12.4. The van der Waals surface area contributed by atoms with Crippen LogP contribution in [0.4, 0.5) is 5.13 Å². The summed E-state index contributed by atoms with van der Waals surface area (Å²) in [4.78, 5) is 28.7. The van der Waals surface area contributed by atoms with Gasteiger partial charge < -0.3 is 4.74 Å². The lowest BCUT2D eigenvalue weighted by molar-refractivity contribution is 0.0252. The van der Waals surface area contributed by atoms with Gasteiger partial charge in [-0.25, -0.2) is 9.78 Å². The average Bonchev–Trinajstić information content (AvgIpc) is 3.15. The summed E-state index contributed by atoms with van der Waals surface area (Å²) in [7, 11) is 0. The second-order valence-corrected chi connectivity index (χ2v) is 6.57. The number of fused-ring (bicyclic) bond motifs is 1. The number of esters is 1. The van der Waals surface area contributed by atoms with Crippen LogP contribution in [-0.2, 0) is 11.2 Å². The van der Waals surface area contributed by atoms with E-state index in [0.29, 0.717) is 22.7 Å². The molecule has 0 radical (unpaired) electrons. The summed E-state index contributed by atoms with van der Waals surface area (Å²) in [6, 6.07) is 14.6. The van der Waals surface area contributed by atoms with Crippen LogP contribution in [0.25, 0.3) is 0 Å². The molecule has 2 aromatic carbocycles. The molecular weight excluding hydrogens is 336 g/mol. The molecule has 1 aliphatic heterocycles. The van der Waals surface area contributed by atoms with Crippen LogP contribution < -0.4 is 5.32 Å². The van der Waals surface area contributed by atoms with E-state index in [1.54, 1.807) is 29.8 Å². The Bertz CT molecular complexity index is 923. The summed E-state index contributed by atoms with van der Waals surface area (Å²) >= 11 is 1.36. The first kappa shape index (κ1) is 15.5. The van der Waals surface area contributed by atoms with Crippen molar-refractivity contribution in [3.8, 4) is 0 Å². The lowest BCUT2D eigenvalue weighted by atomic mass is 9.93. The van der Waals surface area contributed by atoms with Crippen molar-refractivity contribution >= 4 is 28.3 Å². The van der Waals surface area contributed by atoms with E-state index in [-0.39, 0.29) is 18.0 Å². The number of nitrogens with zero attached hydrogens (tertiary/aromatic N) is 1. The molecule has 0 bridgehead atoms. The van der Waals surface area contributed by atoms with Crippen molar-refractivity contribution < 1.29 is 14.3 Å². The number of benzene rings is 2. The monoisotopic (exact) mass is 350 g/mol. The Labute approximate surface area is 148 Å². The number of carbonyl (C=O) groups excluding carboxylic acids is 2. The number of hydrogen-bond donors (Lipinski definition) is 1. The van der Waals surface area contributed by atoms with Gasteiger partial charge in [0, 0.05) is 23.6 Å². The SMILES string of the molecule is O=C(Nc1nccs1)c1ccc2c(c1)C[C@H](c1ccccc1)OC2=O. The van der Waals surface area contributed by atoms with Crippen molar-refractivity contribution in [1.82, 2.24) is 4.98 Å². The van der Waals surface area contributed by atoms with Gasteiger partial charge >= 0.3 is 5.97 Å². The molecule has 124 valence electrons. The predicted octanol–water partition coefficient (Wildman–Crippen LogP) is 3.85. The second-order valence-electron chi connectivity index (χ2n) is 5.67. The molecule has 1 aromatic heterocycles. The van der Waals surface area contributed by atoms with Gasteiger partial charge in [-0.05, 0) is 29.3 Å². The standard InChI is InChI=1S/C19H14N2O3S/c22-17(21-19-20-8-9-25-19)13-6-7-15-14(10-13)11-16(24-18(15)23)12-4-2-1-3-5-12/h1-10,16H,11H2,(H,20,21,22)/t16-/m1/s1. The highest BCUT2D eigenvalue weighted by atomic mass is 32.1. The van der Waals surface area contributed by atoms with Crippen LogP contribution in [0.1, 0.15) is 37.9 Å². The number of hydrogen-bond acceptors (Lipinski definition) is 5. The molecule has 0 saturated heterocycles. The van der Waals surface area contributed by atoms with Gasteiger partial charge in [-0.2, -0.15) is 0 Å². The Hall–Kier alpha value is -2.99. The average molecular weight is 350 g/mol. The zero-order valence-corrected chi connectivity index (χ0v) is 14.0. The topological polar surface area (TPSA) is 68.3 Å². The highest BCUT2D eigenvalue weighted by Crippen LogP contribution is 2.31. The minimum absolute atomic E-state index is 0.243. The van der Waals surface area contributed by atoms with Crippen LogP contribution >= 0.6 is 11.3 Å². The molecule has 25 heavy (non-hydrogen) atoms. The Morgan fingerprint density at radius 3 is 2.80 bits per heavy atom. The third-order valence-electron chi connectivity index (χ3n) is 4.07. The molecule has 1 N–H and O–H groups in total. The fraction of sp³-hybridized carbons (Fsp3) is 0.105. The van der Waals surface area contributed by atoms with Crippen molar-refractivity contribution in [2.45, 2.75) is 12.5 Å². The molecule has 0 spiro atoms. The van der Waals surface area contributed by atoms with Gasteiger partial charge in [0.25, 0.3) is 5.91 Å². The summed E-state index contributed by atoms with van der Waals surface area (Å²) in [5.74, 6) is -0.602. The van der Waals surface area contributed by atoms with Crippen LogP contribution in [0.2, 0.25) is 0 Å². The van der Waals surface area contributed by atoms with E-state index >= 15 is 0 Å². The third kappa shape index (κ3) is 3.16. The lowest BCUT2D eigenvalue weighted by Crippen LogP contribution is -2.23. The van der Waals surface area contributed by atoms with Gasteiger partial charge in [-0.15, -0.1) is 11.3 Å². The van der Waals surface area contributed by atoms with Gasteiger partial charge in [0.15, 0.2) is 5.13 Å². The molecule has 6 heteroatoms. The molecule has 1 amide bonds. The highest BCUT2D eigenvalue weighted by Gasteiger charge is 2.28. The van der Waals surface area contributed by atoms with Gasteiger partial charge in [-0.1, -0.05) is 30.3 Å². The second kappa shape index (κ2) is 6.49. The summed E-state index contributed by atoms with van der Waals surface area (Å²) in [5, 5.41) is 5.09. The Kier molecular flexibility index (Phi) is 4.03. The predicted molar refractivity (Wildman–Crippen MR) is 94.8 cm³/mol. The van der Waals surface area contributed by atoms with E-state index in [1.165, 1.54) is 11.3 Å². The minimum Gasteiger partial charge on any atom is -0.454 e. The Morgan fingerprint density at radius 1 is 1.20 bits per heavy atom. The maximum absolute atomic E-state index is 12.4. The van der Waals surface area contributed by atoms with E-state index in [4.69, 9.17) is 4.74 Å². The van der Waals surface area contributed by atoms with Crippen molar-refractivity contribution in [3.05, 3.63) is 82.4 Å². The largest absolute Gasteiger partial charge is 0.454 e. The Morgan fingerprint density at radius 2 is 2.04 bits per heavy atom. The smallest absolute Gasteiger partial charge is 0.339 e. The number of carbonyl (C=O) groups is 2. The molecule has 4 rings (SSSR count). The van der Waals surface area contributed by atoms with Gasteiger partial charge in [0.2, 0.25) is 0 Å². The van der Waals surface area contributed by atoms with Crippen LogP contribution in [0.15, 0.2) is 60.1 Å². The molecular formula is C19H14N2O3S. The van der Waals surface area contributed by atoms with Crippen molar-refractivity contribution in [3.63, 3.8) is 0 Å². The fourth-order valence-corrected chi connectivity index (χ4v) is 3.37. The number of nitrogens with one attached hydrogen (secondary N) is 1. The molecule has 0 unspecified atom stereocenters. The first-order valence-corrected chi connectivity index (χ1v) is 8.68. The summed E-state index contributed by atoms with van der Waals surface area (Å²) < 4.78 is 5.54. The van der Waals surface area contributed by atoms with Gasteiger partial charge in [-0.3, -0.25) is 10.1 Å². The number of ether oxygens (including phenoxy) is 1. The van der Waals surface area contributed by atoms with Crippen molar-refractivity contribution in [2.75, 3.05) is 5.32 Å². The molecule has 1 atom stereocenters. The maximum Gasteiger partial charge on any atom is 0.339 e. The summed E-state index contributed by atoms with van der Waals surface area (Å²) in [5.41, 5.74) is 2.77. The van der Waals surface area contributed by atoms with Crippen molar-refractivity contribution in [2.24, 2.45) is 0 Å². The molecule has 0 saturated carbocycles. The van der Waals surface area contributed by atoms with Crippen LogP contribution in [0, 0.1) is 0 Å². The molecule has 2 heterocycles. The molecule has 5 nitrogen and oxygen atoms in total. The van der Waals surface area contributed by atoms with Crippen LogP contribution in [0.3, 0.4) is 0 Å². The minimum atomic E-state index is -0.359. The molecule has 1 aliphatic rings. The van der Waals surface area contributed by atoms with E-state index in [0.717, 1.165) is 11.1 Å². The third-order valence-corrected chi connectivity index (χ3v) is 4.75. The first-order chi connectivity index (χ1) is 12.2. The normalized spacial score (nSPS) is 16.0. The number of thiazole rings is 1. The number of cyclic esters (lactones) is 1. The summed E-state index contributed by atoms with van der Waals surface area (Å²) in [6.45, 7) is 0. The van der Waals surface area contributed by atoms with E-state index in [1.807, 2.05) is 30.3 Å². The zero-order chi connectivity index (χ0) is 17.2. The molecule has 0 fully saturated rings. The lowest BCUT2D eigenvalue weighted by Gasteiger charge is -2.25. The van der Waals surface area contributed by atoms with Crippen molar-refractivity contribution in [1.29, 1.82) is 0 Å². The van der Waals surface area contributed by atoms with Crippen LogP contribution in [-0.4, -0.2) is 16.9 Å². The number of anilines is 1. The number of amides is 1. The van der Waals surface area contributed by atoms with E-state index < -0.39 is 0 Å². The molecule has 0 aliphatic carbocycles. The number of rotatable bonds is 3.